The van der Waals surface area contributed by atoms with Crippen LogP contribution in [0.4, 0.5) is 0 Å². The van der Waals surface area contributed by atoms with Crippen molar-refractivity contribution in [1.82, 2.24) is 10.3 Å². The minimum absolute atomic E-state index is 0.145. The molecule has 4 heteroatoms. The summed E-state index contributed by atoms with van der Waals surface area (Å²) in [5, 5.41) is 3.18. The molecular formula is C17H26N2OS. The minimum Gasteiger partial charge on any atom is -0.337 e. The van der Waals surface area contributed by atoms with Crippen LogP contribution in [0.5, 0.6) is 0 Å². The van der Waals surface area contributed by atoms with E-state index in [1.54, 1.807) is 18.0 Å². The predicted octanol–water partition coefficient (Wildman–Crippen LogP) is 4.24. The molecule has 3 nitrogen and oxygen atoms in total. The fourth-order valence-electron chi connectivity index (χ4n) is 2.85. The summed E-state index contributed by atoms with van der Waals surface area (Å²) in [5.41, 5.74) is 1.13. The number of carbonyl (C=O) groups is 1. The summed E-state index contributed by atoms with van der Waals surface area (Å²) < 4.78 is 0. The van der Waals surface area contributed by atoms with Crippen molar-refractivity contribution in [3.8, 4) is 0 Å². The van der Waals surface area contributed by atoms with Crippen LogP contribution in [0.15, 0.2) is 24.5 Å². The van der Waals surface area contributed by atoms with Gasteiger partial charge in [-0.15, -0.1) is 11.8 Å². The molecule has 0 bridgehead atoms. The van der Waals surface area contributed by atoms with Crippen molar-refractivity contribution in [3.63, 3.8) is 0 Å². The van der Waals surface area contributed by atoms with Gasteiger partial charge in [-0.2, -0.15) is 0 Å². The summed E-state index contributed by atoms with van der Waals surface area (Å²) in [5.74, 6) is 0.706. The number of rotatable bonds is 9. The Balaban J connectivity index is 1.83. The van der Waals surface area contributed by atoms with Crippen LogP contribution in [-0.2, 0) is 9.67 Å². The van der Waals surface area contributed by atoms with Crippen molar-refractivity contribution >= 4 is 17.7 Å². The number of thioether (sulfide) groups is 1. The zero-order valence-electron chi connectivity index (χ0n) is 12.9. The highest BCUT2D eigenvalue weighted by atomic mass is 32.2. The third kappa shape index (κ3) is 4.73. The number of hydrogen-bond acceptors (Lipinski definition) is 3. The van der Waals surface area contributed by atoms with Gasteiger partial charge in [-0.05, 0) is 18.9 Å². The third-order valence-electron chi connectivity index (χ3n) is 4.05. The van der Waals surface area contributed by atoms with Gasteiger partial charge in [0.05, 0.1) is 5.75 Å². The Morgan fingerprint density at radius 1 is 1.24 bits per heavy atom. The minimum atomic E-state index is -0.241. The molecule has 1 unspecified atom stereocenters. The number of hydrogen-bond donors (Lipinski definition) is 1. The highest BCUT2D eigenvalue weighted by Gasteiger charge is 2.39. The molecule has 0 spiro atoms. The molecule has 1 atom stereocenters. The van der Waals surface area contributed by atoms with Crippen LogP contribution in [0.2, 0.25) is 0 Å². The van der Waals surface area contributed by atoms with Gasteiger partial charge in [-0.25, -0.2) is 0 Å². The normalized spacial score (nSPS) is 21.5. The molecule has 21 heavy (non-hydrogen) atoms. The Bertz CT molecular complexity index is 438. The molecule has 1 fully saturated rings. The Kier molecular flexibility index (Phi) is 6.55. The van der Waals surface area contributed by atoms with E-state index in [-0.39, 0.29) is 10.8 Å². The standard InChI is InChI=1S/C17H26N2OS/c1-2-3-4-5-6-7-8-11-17(19-16(20)14-21-17)15-10-9-12-18-13-15/h9-10,12-13H,2-8,11,14H2,1H3,(H,19,20). The molecule has 2 heterocycles. The van der Waals surface area contributed by atoms with Gasteiger partial charge in [-0.1, -0.05) is 51.5 Å². The van der Waals surface area contributed by atoms with Gasteiger partial charge in [0.25, 0.3) is 0 Å². The first kappa shape index (κ1) is 16.3. The van der Waals surface area contributed by atoms with E-state index in [2.05, 4.69) is 23.3 Å². The first-order chi connectivity index (χ1) is 10.3. The van der Waals surface area contributed by atoms with Crippen molar-refractivity contribution in [1.29, 1.82) is 0 Å². The van der Waals surface area contributed by atoms with Crippen molar-refractivity contribution in [2.75, 3.05) is 5.75 Å². The molecule has 0 aromatic carbocycles. The number of unbranched alkanes of at least 4 members (excludes halogenated alkanes) is 6. The SMILES string of the molecule is CCCCCCCCCC1(c2cccnc2)NC(=O)CS1. The van der Waals surface area contributed by atoms with Crippen LogP contribution in [-0.4, -0.2) is 16.6 Å². The number of aromatic nitrogens is 1. The molecule has 0 aliphatic carbocycles. The van der Waals surface area contributed by atoms with E-state index in [1.165, 1.54) is 38.5 Å². The topological polar surface area (TPSA) is 42.0 Å². The summed E-state index contributed by atoms with van der Waals surface area (Å²) in [6.45, 7) is 2.25. The molecule has 1 aromatic heterocycles. The van der Waals surface area contributed by atoms with Crippen LogP contribution in [0.1, 0.15) is 63.9 Å². The first-order valence-electron chi connectivity index (χ1n) is 8.12. The number of nitrogens with one attached hydrogen (secondary N) is 1. The maximum atomic E-state index is 11.7. The summed E-state index contributed by atoms with van der Waals surface area (Å²) in [4.78, 5) is 15.7. The van der Waals surface area contributed by atoms with Gasteiger partial charge in [0.15, 0.2) is 0 Å². The molecular weight excluding hydrogens is 280 g/mol. The van der Waals surface area contributed by atoms with Crippen molar-refractivity contribution in [3.05, 3.63) is 30.1 Å². The Morgan fingerprint density at radius 3 is 2.62 bits per heavy atom. The zero-order chi connectivity index (χ0) is 15.0. The summed E-state index contributed by atoms with van der Waals surface area (Å²) in [6, 6.07) is 4.03. The smallest absolute Gasteiger partial charge is 0.231 e. The average Bonchev–Trinajstić information content (AvgIpc) is 2.90. The van der Waals surface area contributed by atoms with Crippen LogP contribution in [0.3, 0.4) is 0 Å². The van der Waals surface area contributed by atoms with E-state index < -0.39 is 0 Å². The second-order valence-corrected chi connectivity index (χ2v) is 7.05. The summed E-state index contributed by atoms with van der Waals surface area (Å²) >= 11 is 1.72. The molecule has 0 saturated carbocycles. The van der Waals surface area contributed by atoms with Crippen LogP contribution >= 0.6 is 11.8 Å². The Morgan fingerprint density at radius 2 is 2.00 bits per heavy atom. The second kappa shape index (κ2) is 8.42. The molecule has 0 radical (unpaired) electrons. The number of amides is 1. The number of carbonyl (C=O) groups excluding carboxylic acids is 1. The van der Waals surface area contributed by atoms with E-state index in [9.17, 15) is 4.79 Å². The molecule has 1 aromatic rings. The molecule has 1 aliphatic heterocycles. The first-order valence-corrected chi connectivity index (χ1v) is 9.11. The van der Waals surface area contributed by atoms with Crippen LogP contribution in [0, 0.1) is 0 Å². The van der Waals surface area contributed by atoms with Gasteiger partial charge in [-0.3, -0.25) is 9.78 Å². The largest absolute Gasteiger partial charge is 0.337 e. The zero-order valence-corrected chi connectivity index (χ0v) is 13.8. The van der Waals surface area contributed by atoms with Gasteiger partial charge >= 0.3 is 0 Å². The maximum Gasteiger partial charge on any atom is 0.231 e. The highest BCUT2D eigenvalue weighted by molar-refractivity contribution is 8.01. The molecule has 1 aliphatic rings. The average molecular weight is 306 g/mol. The van der Waals surface area contributed by atoms with Gasteiger partial charge in [0, 0.05) is 18.0 Å². The second-order valence-electron chi connectivity index (χ2n) is 5.78. The van der Waals surface area contributed by atoms with Crippen molar-refractivity contribution in [2.45, 2.75) is 63.2 Å². The lowest BCUT2D eigenvalue weighted by Crippen LogP contribution is -2.37. The highest BCUT2D eigenvalue weighted by Crippen LogP contribution is 2.41. The van der Waals surface area contributed by atoms with Crippen molar-refractivity contribution < 1.29 is 4.79 Å². The fourth-order valence-corrected chi connectivity index (χ4v) is 4.07. The van der Waals surface area contributed by atoms with E-state index in [1.807, 2.05) is 12.3 Å². The molecule has 1 N–H and O–H groups in total. The quantitative estimate of drug-likeness (QED) is 0.694. The predicted molar refractivity (Wildman–Crippen MR) is 89.1 cm³/mol. The number of pyridine rings is 1. The van der Waals surface area contributed by atoms with E-state index in [4.69, 9.17) is 0 Å². The monoisotopic (exact) mass is 306 g/mol. The third-order valence-corrected chi connectivity index (χ3v) is 5.49. The Hall–Kier alpha value is -1.03. The number of nitrogens with zero attached hydrogens (tertiary/aromatic N) is 1. The lowest BCUT2D eigenvalue weighted by Gasteiger charge is -2.28. The summed E-state index contributed by atoms with van der Waals surface area (Å²) in [7, 11) is 0. The maximum absolute atomic E-state index is 11.7. The van der Waals surface area contributed by atoms with Gasteiger partial charge < -0.3 is 5.32 Å². The van der Waals surface area contributed by atoms with Crippen LogP contribution in [0.25, 0.3) is 0 Å². The summed E-state index contributed by atoms with van der Waals surface area (Å²) in [6.07, 6.45) is 13.7. The Labute approximate surface area is 132 Å². The molecule has 1 saturated heterocycles. The van der Waals surface area contributed by atoms with E-state index in [0.717, 1.165) is 18.4 Å². The molecule has 116 valence electrons. The van der Waals surface area contributed by atoms with E-state index >= 15 is 0 Å². The van der Waals surface area contributed by atoms with Crippen LogP contribution < -0.4 is 5.32 Å². The lowest BCUT2D eigenvalue weighted by molar-refractivity contribution is -0.118. The van der Waals surface area contributed by atoms with Gasteiger partial charge in [0.1, 0.15) is 4.87 Å². The lowest BCUT2D eigenvalue weighted by atomic mass is 10.00. The van der Waals surface area contributed by atoms with Gasteiger partial charge in [0.2, 0.25) is 5.91 Å². The molecule has 2 rings (SSSR count). The fraction of sp³-hybridized carbons (Fsp3) is 0.647. The van der Waals surface area contributed by atoms with Crippen molar-refractivity contribution in [2.24, 2.45) is 0 Å². The van der Waals surface area contributed by atoms with E-state index in [0.29, 0.717) is 5.75 Å². The molecule has 1 amide bonds.